The summed E-state index contributed by atoms with van der Waals surface area (Å²) in [5.41, 5.74) is 2.78. The van der Waals surface area contributed by atoms with E-state index < -0.39 is 0 Å². The number of amides is 1. The number of rotatable bonds is 3. The van der Waals surface area contributed by atoms with E-state index >= 15 is 0 Å². The van der Waals surface area contributed by atoms with Gasteiger partial charge in [0.25, 0.3) is 5.91 Å². The van der Waals surface area contributed by atoms with E-state index in [1.807, 2.05) is 0 Å². The van der Waals surface area contributed by atoms with E-state index in [1.54, 1.807) is 35.2 Å². The third kappa shape index (κ3) is 3.28. The molecule has 0 N–H and O–H groups in total. The molecule has 138 valence electrons. The molecule has 1 aliphatic heterocycles. The molecular formula is C20H16ClFN2O3. The summed E-state index contributed by atoms with van der Waals surface area (Å²) < 4.78 is 24.0. The van der Waals surface area contributed by atoms with Gasteiger partial charge in [0.1, 0.15) is 11.6 Å². The molecule has 1 amide bonds. The Morgan fingerprint density at radius 2 is 2.04 bits per heavy atom. The molecule has 0 aliphatic carbocycles. The maximum atomic E-state index is 13.2. The summed E-state index contributed by atoms with van der Waals surface area (Å²) in [6, 6.07) is 11.0. The minimum absolute atomic E-state index is 0.175. The highest BCUT2D eigenvalue weighted by Gasteiger charge is 2.29. The molecule has 0 spiro atoms. The van der Waals surface area contributed by atoms with Crippen molar-refractivity contribution in [2.75, 3.05) is 13.7 Å². The highest BCUT2D eigenvalue weighted by atomic mass is 35.5. The summed E-state index contributed by atoms with van der Waals surface area (Å²) in [5.74, 6) is 0.531. The van der Waals surface area contributed by atoms with E-state index in [9.17, 15) is 9.18 Å². The van der Waals surface area contributed by atoms with Gasteiger partial charge in [-0.05, 0) is 42.5 Å². The largest absolute Gasteiger partial charge is 0.496 e. The Balaban J connectivity index is 1.65. The van der Waals surface area contributed by atoms with Gasteiger partial charge < -0.3 is 14.2 Å². The molecule has 27 heavy (non-hydrogen) atoms. The molecule has 1 aliphatic rings. The number of halogens is 2. The van der Waals surface area contributed by atoms with E-state index in [4.69, 9.17) is 20.9 Å². The molecule has 7 heteroatoms. The molecule has 2 aromatic carbocycles. The van der Waals surface area contributed by atoms with Crippen LogP contribution in [0.3, 0.4) is 0 Å². The van der Waals surface area contributed by atoms with Gasteiger partial charge in [-0.25, -0.2) is 4.39 Å². The standard InChI is InChI=1S/C20H16ClFN2O3/c1-26-18-7-4-13(21)10-15(18)20(25)24-9-8-17-16(11-24)19(27-23-17)12-2-5-14(22)6-3-12/h2-7,10H,8-9,11H2,1H3. The lowest BCUT2D eigenvalue weighted by Crippen LogP contribution is -2.36. The highest BCUT2D eigenvalue weighted by Crippen LogP contribution is 2.32. The molecule has 3 aromatic rings. The second-order valence-corrected chi connectivity index (χ2v) is 6.70. The van der Waals surface area contributed by atoms with Gasteiger partial charge in [-0.1, -0.05) is 16.8 Å². The lowest BCUT2D eigenvalue weighted by Gasteiger charge is -2.27. The monoisotopic (exact) mass is 386 g/mol. The fourth-order valence-corrected chi connectivity index (χ4v) is 3.40. The van der Waals surface area contributed by atoms with Crippen LogP contribution in [0, 0.1) is 5.82 Å². The Morgan fingerprint density at radius 3 is 2.78 bits per heavy atom. The van der Waals surface area contributed by atoms with E-state index in [0.717, 1.165) is 16.8 Å². The molecule has 0 saturated carbocycles. The van der Waals surface area contributed by atoms with Crippen LogP contribution in [0.5, 0.6) is 5.75 Å². The first-order valence-electron chi connectivity index (χ1n) is 8.43. The van der Waals surface area contributed by atoms with Gasteiger partial charge in [0.2, 0.25) is 0 Å². The number of carbonyl (C=O) groups excluding carboxylic acids is 1. The third-order valence-corrected chi connectivity index (χ3v) is 4.86. The quantitative estimate of drug-likeness (QED) is 0.671. The number of hydrogen-bond donors (Lipinski definition) is 0. The Morgan fingerprint density at radius 1 is 1.26 bits per heavy atom. The highest BCUT2D eigenvalue weighted by molar-refractivity contribution is 6.31. The summed E-state index contributed by atoms with van der Waals surface area (Å²) in [4.78, 5) is 14.8. The van der Waals surface area contributed by atoms with E-state index in [-0.39, 0.29) is 11.7 Å². The van der Waals surface area contributed by atoms with Gasteiger partial charge >= 0.3 is 0 Å². The average Bonchev–Trinajstić information content (AvgIpc) is 3.11. The average molecular weight is 387 g/mol. The van der Waals surface area contributed by atoms with Crippen molar-refractivity contribution in [2.45, 2.75) is 13.0 Å². The van der Waals surface area contributed by atoms with Gasteiger partial charge in [0, 0.05) is 29.1 Å². The molecule has 0 bridgehead atoms. The summed E-state index contributed by atoms with van der Waals surface area (Å²) in [7, 11) is 1.51. The van der Waals surface area contributed by atoms with Crippen molar-refractivity contribution in [3.63, 3.8) is 0 Å². The van der Waals surface area contributed by atoms with E-state index in [2.05, 4.69) is 5.16 Å². The second kappa shape index (κ2) is 7.04. The van der Waals surface area contributed by atoms with Crippen LogP contribution in [-0.2, 0) is 13.0 Å². The predicted molar refractivity (Wildman–Crippen MR) is 98.3 cm³/mol. The van der Waals surface area contributed by atoms with Gasteiger partial charge in [-0.2, -0.15) is 0 Å². The topological polar surface area (TPSA) is 55.6 Å². The van der Waals surface area contributed by atoms with Crippen LogP contribution in [0.1, 0.15) is 21.6 Å². The summed E-state index contributed by atoms with van der Waals surface area (Å²) in [5, 5.41) is 4.58. The minimum Gasteiger partial charge on any atom is -0.496 e. The lowest BCUT2D eigenvalue weighted by atomic mass is 10.0. The van der Waals surface area contributed by atoms with Crippen molar-refractivity contribution in [1.29, 1.82) is 0 Å². The van der Waals surface area contributed by atoms with Crippen LogP contribution in [0.25, 0.3) is 11.3 Å². The Labute approximate surface area is 160 Å². The first-order chi connectivity index (χ1) is 13.1. The van der Waals surface area contributed by atoms with Crippen molar-refractivity contribution in [3.05, 3.63) is 70.1 Å². The number of carbonyl (C=O) groups is 1. The maximum absolute atomic E-state index is 13.2. The molecule has 0 fully saturated rings. The molecule has 5 nitrogen and oxygen atoms in total. The Hall–Kier alpha value is -2.86. The number of aromatic nitrogens is 1. The summed E-state index contributed by atoms with van der Waals surface area (Å²) >= 11 is 6.06. The molecule has 4 rings (SSSR count). The summed E-state index contributed by atoms with van der Waals surface area (Å²) in [6.07, 6.45) is 0.578. The third-order valence-electron chi connectivity index (χ3n) is 4.62. The van der Waals surface area contributed by atoms with Crippen molar-refractivity contribution in [2.24, 2.45) is 0 Å². The predicted octanol–water partition coefficient (Wildman–Crippen LogP) is 4.34. The van der Waals surface area contributed by atoms with Crippen LogP contribution in [0.4, 0.5) is 4.39 Å². The van der Waals surface area contributed by atoms with Crippen LogP contribution >= 0.6 is 11.6 Å². The Kier molecular flexibility index (Phi) is 4.58. The van der Waals surface area contributed by atoms with Crippen molar-refractivity contribution in [3.8, 4) is 17.1 Å². The zero-order chi connectivity index (χ0) is 19.0. The number of nitrogens with zero attached hydrogens (tertiary/aromatic N) is 2. The molecule has 2 heterocycles. The van der Waals surface area contributed by atoms with E-state index in [0.29, 0.717) is 41.6 Å². The van der Waals surface area contributed by atoms with Crippen LogP contribution < -0.4 is 4.74 Å². The zero-order valence-electron chi connectivity index (χ0n) is 14.5. The van der Waals surface area contributed by atoms with Crippen molar-refractivity contribution < 1.29 is 18.4 Å². The van der Waals surface area contributed by atoms with Crippen LogP contribution in [0.2, 0.25) is 5.02 Å². The molecular weight excluding hydrogens is 371 g/mol. The second-order valence-electron chi connectivity index (χ2n) is 6.27. The zero-order valence-corrected chi connectivity index (χ0v) is 15.3. The normalized spacial score (nSPS) is 13.4. The van der Waals surface area contributed by atoms with Gasteiger partial charge in [0.15, 0.2) is 5.76 Å². The maximum Gasteiger partial charge on any atom is 0.257 e. The van der Waals surface area contributed by atoms with Crippen molar-refractivity contribution >= 4 is 17.5 Å². The first kappa shape index (κ1) is 17.5. The molecule has 1 aromatic heterocycles. The SMILES string of the molecule is COc1ccc(Cl)cc1C(=O)N1CCc2noc(-c3ccc(F)cc3)c2C1. The molecule has 0 unspecified atom stereocenters. The Bertz CT molecular complexity index is 1000. The van der Waals surface area contributed by atoms with Gasteiger partial charge in [-0.3, -0.25) is 4.79 Å². The van der Waals surface area contributed by atoms with Crippen molar-refractivity contribution in [1.82, 2.24) is 10.1 Å². The fourth-order valence-electron chi connectivity index (χ4n) is 3.23. The molecule has 0 saturated heterocycles. The van der Waals surface area contributed by atoms with Gasteiger partial charge in [0.05, 0.1) is 24.9 Å². The first-order valence-corrected chi connectivity index (χ1v) is 8.81. The van der Waals surface area contributed by atoms with Gasteiger partial charge in [-0.15, -0.1) is 0 Å². The van der Waals surface area contributed by atoms with Crippen LogP contribution in [0.15, 0.2) is 47.0 Å². The number of methoxy groups -OCH3 is 1. The fraction of sp³-hybridized carbons (Fsp3) is 0.200. The smallest absolute Gasteiger partial charge is 0.257 e. The molecule has 0 atom stereocenters. The molecule has 0 radical (unpaired) electrons. The lowest BCUT2D eigenvalue weighted by molar-refractivity contribution is 0.0731. The van der Waals surface area contributed by atoms with E-state index in [1.165, 1.54) is 19.2 Å². The number of ether oxygens (including phenoxy) is 1. The number of hydrogen-bond acceptors (Lipinski definition) is 4. The number of benzene rings is 2. The minimum atomic E-state index is -0.322. The summed E-state index contributed by atoms with van der Waals surface area (Å²) in [6.45, 7) is 0.858. The van der Waals surface area contributed by atoms with Crippen LogP contribution in [-0.4, -0.2) is 29.6 Å². The number of fused-ring (bicyclic) bond motifs is 1.